The number of nitrogens with zero attached hydrogens (tertiary/aromatic N) is 2. The van der Waals surface area contributed by atoms with Gasteiger partial charge in [-0.3, -0.25) is 4.79 Å². The monoisotopic (exact) mass is 372 g/mol. The SMILES string of the molecule is CCNCC1CCN(C(=O)C(C)NS(=O)(=O)c2c(C)noc2C)CC1. The second-order valence-electron chi connectivity index (χ2n) is 6.57. The third-order valence-corrected chi connectivity index (χ3v) is 6.33. The molecular formula is C16H28N4O4S. The summed E-state index contributed by atoms with van der Waals surface area (Å²) in [6.45, 7) is 9.97. The zero-order valence-electron chi connectivity index (χ0n) is 15.3. The molecule has 1 aromatic heterocycles. The lowest BCUT2D eigenvalue weighted by Crippen LogP contribution is -2.50. The standard InChI is InChI=1S/C16H28N4O4S/c1-5-17-10-14-6-8-20(9-7-14)16(21)12(3)19-25(22,23)15-11(2)18-24-13(15)4/h12,14,17,19H,5-10H2,1-4H3. The molecule has 0 radical (unpaired) electrons. The summed E-state index contributed by atoms with van der Waals surface area (Å²) in [5.41, 5.74) is 0.286. The summed E-state index contributed by atoms with van der Waals surface area (Å²) in [5.74, 6) is 0.587. The van der Waals surface area contributed by atoms with Gasteiger partial charge in [0, 0.05) is 13.1 Å². The molecule has 1 atom stereocenters. The maximum absolute atomic E-state index is 12.6. The van der Waals surface area contributed by atoms with Gasteiger partial charge in [-0.05, 0) is 52.6 Å². The number of sulfonamides is 1. The molecule has 8 nitrogen and oxygen atoms in total. The first-order valence-electron chi connectivity index (χ1n) is 8.71. The minimum Gasteiger partial charge on any atom is -0.360 e. The lowest BCUT2D eigenvalue weighted by Gasteiger charge is -2.33. The number of aromatic nitrogens is 1. The Morgan fingerprint density at radius 1 is 1.36 bits per heavy atom. The summed E-state index contributed by atoms with van der Waals surface area (Å²) in [4.78, 5) is 14.3. The first kappa shape index (κ1) is 19.9. The minimum atomic E-state index is -3.85. The zero-order valence-corrected chi connectivity index (χ0v) is 16.1. The van der Waals surface area contributed by atoms with Crippen LogP contribution in [-0.4, -0.2) is 56.6 Å². The summed E-state index contributed by atoms with van der Waals surface area (Å²) >= 11 is 0. The predicted molar refractivity (Wildman–Crippen MR) is 93.6 cm³/mol. The van der Waals surface area contributed by atoms with E-state index in [-0.39, 0.29) is 22.3 Å². The highest BCUT2D eigenvalue weighted by atomic mass is 32.2. The van der Waals surface area contributed by atoms with Gasteiger partial charge in [0.05, 0.1) is 6.04 Å². The van der Waals surface area contributed by atoms with Gasteiger partial charge in [0.25, 0.3) is 0 Å². The number of carbonyl (C=O) groups is 1. The van der Waals surface area contributed by atoms with E-state index in [1.54, 1.807) is 18.7 Å². The maximum Gasteiger partial charge on any atom is 0.246 e. The fourth-order valence-electron chi connectivity index (χ4n) is 3.18. The Morgan fingerprint density at radius 3 is 2.52 bits per heavy atom. The molecule has 0 aromatic carbocycles. The summed E-state index contributed by atoms with van der Waals surface area (Å²) in [5, 5.41) is 6.99. The van der Waals surface area contributed by atoms with Crippen molar-refractivity contribution < 1.29 is 17.7 Å². The van der Waals surface area contributed by atoms with E-state index in [0.717, 1.165) is 25.9 Å². The van der Waals surface area contributed by atoms with Crippen molar-refractivity contribution in [3.63, 3.8) is 0 Å². The van der Waals surface area contributed by atoms with Crippen LogP contribution in [0.3, 0.4) is 0 Å². The Labute approximate surface area is 149 Å². The fraction of sp³-hybridized carbons (Fsp3) is 0.750. The molecule has 0 bridgehead atoms. The number of amides is 1. The fourth-order valence-corrected chi connectivity index (χ4v) is 4.71. The van der Waals surface area contributed by atoms with Crippen LogP contribution in [0.4, 0.5) is 0 Å². The lowest BCUT2D eigenvalue weighted by atomic mass is 9.96. The van der Waals surface area contributed by atoms with Crippen LogP contribution in [0.15, 0.2) is 9.42 Å². The van der Waals surface area contributed by atoms with Crippen molar-refractivity contribution in [1.29, 1.82) is 0 Å². The number of rotatable bonds is 7. The van der Waals surface area contributed by atoms with Crippen LogP contribution in [0, 0.1) is 19.8 Å². The highest BCUT2D eigenvalue weighted by molar-refractivity contribution is 7.89. The number of hydrogen-bond donors (Lipinski definition) is 2. The van der Waals surface area contributed by atoms with Gasteiger partial charge in [0.15, 0.2) is 5.76 Å². The topological polar surface area (TPSA) is 105 Å². The first-order chi connectivity index (χ1) is 11.8. The highest BCUT2D eigenvalue weighted by Gasteiger charge is 2.31. The molecule has 142 valence electrons. The molecule has 1 amide bonds. The molecule has 1 aromatic rings. The van der Waals surface area contributed by atoms with Crippen molar-refractivity contribution in [3.8, 4) is 0 Å². The maximum atomic E-state index is 12.6. The number of piperidine rings is 1. The smallest absolute Gasteiger partial charge is 0.246 e. The van der Waals surface area contributed by atoms with Gasteiger partial charge in [0.1, 0.15) is 10.6 Å². The number of likely N-dealkylation sites (tertiary alicyclic amines) is 1. The molecule has 25 heavy (non-hydrogen) atoms. The van der Waals surface area contributed by atoms with Crippen molar-refractivity contribution in [2.75, 3.05) is 26.2 Å². The largest absolute Gasteiger partial charge is 0.360 e. The van der Waals surface area contributed by atoms with Gasteiger partial charge in [-0.2, -0.15) is 4.72 Å². The first-order valence-corrected chi connectivity index (χ1v) is 10.2. The molecule has 0 aliphatic carbocycles. The number of carbonyl (C=O) groups excluding carboxylic acids is 1. The van der Waals surface area contributed by atoms with Crippen LogP contribution in [0.5, 0.6) is 0 Å². The Kier molecular flexibility index (Phi) is 6.59. The Hall–Kier alpha value is -1.45. The number of nitrogens with one attached hydrogen (secondary N) is 2. The molecule has 2 rings (SSSR count). The van der Waals surface area contributed by atoms with Crippen LogP contribution in [0.2, 0.25) is 0 Å². The average Bonchev–Trinajstić information content (AvgIpc) is 2.91. The molecule has 1 unspecified atom stereocenters. The van der Waals surface area contributed by atoms with Crippen molar-refractivity contribution >= 4 is 15.9 Å². The highest BCUT2D eigenvalue weighted by Crippen LogP contribution is 2.20. The van der Waals surface area contributed by atoms with E-state index in [4.69, 9.17) is 4.52 Å². The third-order valence-electron chi connectivity index (χ3n) is 4.55. The second kappa shape index (κ2) is 8.29. The number of hydrogen-bond acceptors (Lipinski definition) is 6. The van der Waals surface area contributed by atoms with Gasteiger partial charge in [-0.15, -0.1) is 0 Å². The van der Waals surface area contributed by atoms with Crippen LogP contribution >= 0.6 is 0 Å². The lowest BCUT2D eigenvalue weighted by molar-refractivity contribution is -0.133. The Bertz CT molecular complexity index is 673. The van der Waals surface area contributed by atoms with Crippen molar-refractivity contribution in [1.82, 2.24) is 20.1 Å². The van der Waals surface area contributed by atoms with Gasteiger partial charge in [-0.25, -0.2) is 8.42 Å². The van der Waals surface area contributed by atoms with Crippen LogP contribution in [0.25, 0.3) is 0 Å². The molecule has 0 spiro atoms. The van der Waals surface area contributed by atoms with E-state index in [2.05, 4.69) is 22.1 Å². The number of aryl methyl sites for hydroxylation is 2. The van der Waals surface area contributed by atoms with Gasteiger partial charge < -0.3 is 14.7 Å². The van der Waals surface area contributed by atoms with E-state index < -0.39 is 16.1 Å². The Balaban J connectivity index is 1.95. The van der Waals surface area contributed by atoms with E-state index in [1.165, 1.54) is 6.92 Å². The molecule has 1 saturated heterocycles. The Morgan fingerprint density at radius 2 is 2.00 bits per heavy atom. The quantitative estimate of drug-likeness (QED) is 0.734. The van der Waals surface area contributed by atoms with Gasteiger partial charge >= 0.3 is 0 Å². The predicted octanol–water partition coefficient (Wildman–Crippen LogP) is 0.806. The molecule has 1 fully saturated rings. The van der Waals surface area contributed by atoms with Crippen LogP contribution < -0.4 is 10.0 Å². The summed E-state index contributed by atoms with van der Waals surface area (Å²) in [7, 11) is -3.85. The zero-order chi connectivity index (χ0) is 18.6. The molecule has 0 saturated carbocycles. The van der Waals surface area contributed by atoms with Crippen LogP contribution in [0.1, 0.15) is 38.1 Å². The molecule has 2 heterocycles. The summed E-state index contributed by atoms with van der Waals surface area (Å²) in [6, 6.07) is -0.830. The van der Waals surface area contributed by atoms with E-state index in [0.29, 0.717) is 19.0 Å². The third kappa shape index (κ3) is 4.80. The molecule has 1 aliphatic rings. The molecule has 2 N–H and O–H groups in total. The second-order valence-corrected chi connectivity index (χ2v) is 8.22. The molecule has 1 aliphatic heterocycles. The normalized spacial score (nSPS) is 17.7. The van der Waals surface area contributed by atoms with Crippen molar-refractivity contribution in [2.45, 2.75) is 51.5 Å². The van der Waals surface area contributed by atoms with Crippen molar-refractivity contribution in [3.05, 3.63) is 11.5 Å². The van der Waals surface area contributed by atoms with Gasteiger partial charge in [-0.1, -0.05) is 12.1 Å². The van der Waals surface area contributed by atoms with E-state index >= 15 is 0 Å². The molecule has 9 heteroatoms. The molecular weight excluding hydrogens is 344 g/mol. The van der Waals surface area contributed by atoms with Gasteiger partial charge in [0.2, 0.25) is 15.9 Å². The summed E-state index contributed by atoms with van der Waals surface area (Å²) in [6.07, 6.45) is 1.87. The van der Waals surface area contributed by atoms with E-state index in [9.17, 15) is 13.2 Å². The van der Waals surface area contributed by atoms with E-state index in [1.807, 2.05) is 0 Å². The minimum absolute atomic E-state index is 0.0106. The average molecular weight is 372 g/mol. The van der Waals surface area contributed by atoms with Crippen LogP contribution in [-0.2, 0) is 14.8 Å². The van der Waals surface area contributed by atoms with Crippen molar-refractivity contribution in [2.24, 2.45) is 5.92 Å². The summed E-state index contributed by atoms with van der Waals surface area (Å²) < 4.78 is 32.4.